The van der Waals surface area contributed by atoms with Crippen LogP contribution in [0.15, 0.2) is 11.4 Å². The molecule has 0 saturated carbocycles. The molecule has 0 spiro atoms. The quantitative estimate of drug-likeness (QED) is 0.680. The van der Waals surface area contributed by atoms with Gasteiger partial charge >= 0.3 is 0 Å². The maximum atomic E-state index is 11.8. The molecule has 0 radical (unpaired) electrons. The number of aromatic nitrogens is 2. The van der Waals surface area contributed by atoms with E-state index in [1.54, 1.807) is 17.7 Å². The predicted molar refractivity (Wildman–Crippen MR) is 85.5 cm³/mol. The molecule has 20 heavy (non-hydrogen) atoms. The number of aryl methyl sites for hydroxylation is 2. The fourth-order valence-corrected chi connectivity index (χ4v) is 3.74. The zero-order chi connectivity index (χ0) is 14.7. The molecule has 0 aliphatic heterocycles. The van der Waals surface area contributed by atoms with Gasteiger partial charge in [0.15, 0.2) is 0 Å². The van der Waals surface area contributed by atoms with E-state index in [0.717, 1.165) is 21.7 Å². The standard InChI is InChI=1S/C14H19N3OS2/c1-5-8(2)17-11(18)6-19-13-12-9(3)10(4)20-14(12)16-7-15-13/h7-8H,5-6H2,1-4H3,(H,17,18)/t8-/m0/s1. The summed E-state index contributed by atoms with van der Waals surface area (Å²) in [6.45, 7) is 8.24. The Morgan fingerprint density at radius 1 is 1.45 bits per heavy atom. The zero-order valence-electron chi connectivity index (χ0n) is 12.2. The van der Waals surface area contributed by atoms with Crippen LogP contribution in [0.5, 0.6) is 0 Å². The van der Waals surface area contributed by atoms with Crippen LogP contribution in [0.25, 0.3) is 10.2 Å². The maximum Gasteiger partial charge on any atom is 0.230 e. The van der Waals surface area contributed by atoms with Crippen molar-refractivity contribution in [1.29, 1.82) is 0 Å². The minimum absolute atomic E-state index is 0.0562. The molecule has 1 N–H and O–H groups in total. The smallest absolute Gasteiger partial charge is 0.230 e. The molecule has 2 heterocycles. The van der Waals surface area contributed by atoms with Gasteiger partial charge < -0.3 is 5.32 Å². The van der Waals surface area contributed by atoms with Gasteiger partial charge in [0.05, 0.1) is 5.75 Å². The number of hydrogen-bond acceptors (Lipinski definition) is 5. The summed E-state index contributed by atoms with van der Waals surface area (Å²) in [5.74, 6) is 0.450. The summed E-state index contributed by atoms with van der Waals surface area (Å²) in [7, 11) is 0. The third kappa shape index (κ3) is 3.30. The number of nitrogens with zero attached hydrogens (tertiary/aromatic N) is 2. The molecule has 0 aliphatic carbocycles. The van der Waals surface area contributed by atoms with Crippen LogP contribution >= 0.6 is 23.1 Å². The monoisotopic (exact) mass is 309 g/mol. The molecule has 108 valence electrons. The summed E-state index contributed by atoms with van der Waals surface area (Å²) >= 11 is 3.16. The number of thioether (sulfide) groups is 1. The van der Waals surface area contributed by atoms with Crippen molar-refractivity contribution in [3.05, 3.63) is 16.8 Å². The molecule has 0 aliphatic rings. The minimum Gasteiger partial charge on any atom is -0.353 e. The van der Waals surface area contributed by atoms with Crippen LogP contribution in [-0.2, 0) is 4.79 Å². The Balaban J connectivity index is 2.12. The Hall–Kier alpha value is -1.14. The van der Waals surface area contributed by atoms with Gasteiger partial charge in [-0.3, -0.25) is 4.79 Å². The van der Waals surface area contributed by atoms with E-state index in [1.165, 1.54) is 22.2 Å². The van der Waals surface area contributed by atoms with Crippen LogP contribution in [0.2, 0.25) is 0 Å². The van der Waals surface area contributed by atoms with Crippen molar-refractivity contribution in [3.63, 3.8) is 0 Å². The highest BCUT2D eigenvalue weighted by Gasteiger charge is 2.14. The summed E-state index contributed by atoms with van der Waals surface area (Å²) in [6.07, 6.45) is 2.52. The molecule has 2 aromatic heterocycles. The van der Waals surface area contributed by atoms with E-state index in [4.69, 9.17) is 0 Å². The second kappa shape index (κ2) is 6.54. The second-order valence-electron chi connectivity index (χ2n) is 4.81. The zero-order valence-corrected chi connectivity index (χ0v) is 13.8. The lowest BCUT2D eigenvalue weighted by molar-refractivity contribution is -0.119. The topological polar surface area (TPSA) is 54.9 Å². The van der Waals surface area contributed by atoms with Crippen molar-refractivity contribution < 1.29 is 4.79 Å². The molecular weight excluding hydrogens is 290 g/mol. The van der Waals surface area contributed by atoms with E-state index < -0.39 is 0 Å². The van der Waals surface area contributed by atoms with Crippen molar-refractivity contribution in [2.75, 3.05) is 5.75 Å². The average Bonchev–Trinajstić information content (AvgIpc) is 2.72. The first-order valence-corrected chi connectivity index (χ1v) is 8.46. The third-order valence-electron chi connectivity index (χ3n) is 3.29. The fourth-order valence-electron chi connectivity index (χ4n) is 1.81. The maximum absolute atomic E-state index is 11.8. The van der Waals surface area contributed by atoms with Crippen LogP contribution in [0.1, 0.15) is 30.7 Å². The van der Waals surface area contributed by atoms with E-state index in [2.05, 4.69) is 36.1 Å². The molecule has 0 bridgehead atoms. The molecule has 4 nitrogen and oxygen atoms in total. The Morgan fingerprint density at radius 2 is 2.20 bits per heavy atom. The minimum atomic E-state index is 0.0562. The number of rotatable bonds is 5. The van der Waals surface area contributed by atoms with Crippen LogP contribution < -0.4 is 5.32 Å². The van der Waals surface area contributed by atoms with Crippen LogP contribution in [0, 0.1) is 13.8 Å². The van der Waals surface area contributed by atoms with Gasteiger partial charge in [-0.05, 0) is 32.8 Å². The van der Waals surface area contributed by atoms with Gasteiger partial charge in [-0.15, -0.1) is 11.3 Å². The summed E-state index contributed by atoms with van der Waals surface area (Å²) in [4.78, 5) is 22.7. The fraction of sp³-hybridized carbons (Fsp3) is 0.500. The Morgan fingerprint density at radius 3 is 2.90 bits per heavy atom. The first-order valence-electron chi connectivity index (χ1n) is 6.65. The molecule has 0 fully saturated rings. The van der Waals surface area contributed by atoms with Crippen molar-refractivity contribution in [2.45, 2.75) is 45.2 Å². The molecule has 2 rings (SSSR count). The highest BCUT2D eigenvalue weighted by molar-refractivity contribution is 8.00. The predicted octanol–water partition coefficient (Wildman–Crippen LogP) is 3.31. The van der Waals surface area contributed by atoms with E-state index in [0.29, 0.717) is 5.75 Å². The number of carbonyl (C=O) groups is 1. The van der Waals surface area contributed by atoms with Crippen LogP contribution in [0.3, 0.4) is 0 Å². The molecule has 0 aromatic carbocycles. The van der Waals surface area contributed by atoms with Crippen LogP contribution in [-0.4, -0.2) is 27.7 Å². The Bertz CT molecular complexity index is 624. The first kappa shape index (κ1) is 15.3. The summed E-state index contributed by atoms with van der Waals surface area (Å²) in [5.41, 5.74) is 1.22. The highest BCUT2D eigenvalue weighted by atomic mass is 32.2. The molecule has 6 heteroatoms. The molecule has 2 aromatic rings. The normalized spacial score (nSPS) is 12.6. The number of amides is 1. The number of nitrogens with one attached hydrogen (secondary N) is 1. The summed E-state index contributed by atoms with van der Waals surface area (Å²) < 4.78 is 0. The summed E-state index contributed by atoms with van der Waals surface area (Å²) in [5, 5.41) is 4.96. The van der Waals surface area contributed by atoms with E-state index >= 15 is 0 Å². The van der Waals surface area contributed by atoms with Crippen molar-refractivity contribution in [2.24, 2.45) is 0 Å². The van der Waals surface area contributed by atoms with E-state index in [-0.39, 0.29) is 11.9 Å². The van der Waals surface area contributed by atoms with E-state index in [9.17, 15) is 4.79 Å². The van der Waals surface area contributed by atoms with Gasteiger partial charge in [-0.1, -0.05) is 18.7 Å². The van der Waals surface area contributed by atoms with Crippen molar-refractivity contribution >= 4 is 39.2 Å². The lowest BCUT2D eigenvalue weighted by Gasteiger charge is -2.10. The average molecular weight is 309 g/mol. The van der Waals surface area contributed by atoms with E-state index in [1.807, 2.05) is 6.92 Å². The Kier molecular flexibility index (Phi) is 4.99. The first-order chi connectivity index (χ1) is 9.52. The van der Waals surface area contributed by atoms with Gasteiger partial charge in [0.25, 0.3) is 0 Å². The molecular formula is C14H19N3OS2. The number of carbonyl (C=O) groups excluding carboxylic acids is 1. The SMILES string of the molecule is CC[C@H](C)NC(=O)CSc1ncnc2sc(C)c(C)c12. The van der Waals surface area contributed by atoms with Crippen molar-refractivity contribution in [1.82, 2.24) is 15.3 Å². The lowest BCUT2D eigenvalue weighted by Crippen LogP contribution is -2.33. The van der Waals surface area contributed by atoms with Gasteiger partial charge in [0.2, 0.25) is 5.91 Å². The highest BCUT2D eigenvalue weighted by Crippen LogP contribution is 2.34. The van der Waals surface area contributed by atoms with Gasteiger partial charge in [-0.2, -0.15) is 0 Å². The largest absolute Gasteiger partial charge is 0.353 e. The Labute approximate surface area is 127 Å². The second-order valence-corrected chi connectivity index (χ2v) is 6.97. The molecule has 0 saturated heterocycles. The van der Waals surface area contributed by atoms with Crippen molar-refractivity contribution in [3.8, 4) is 0 Å². The number of thiophene rings is 1. The van der Waals surface area contributed by atoms with Gasteiger partial charge in [-0.25, -0.2) is 9.97 Å². The lowest BCUT2D eigenvalue weighted by atomic mass is 10.2. The number of hydrogen-bond donors (Lipinski definition) is 1. The molecule has 1 amide bonds. The summed E-state index contributed by atoms with van der Waals surface area (Å²) in [6, 6.07) is 0.221. The third-order valence-corrected chi connectivity index (χ3v) is 5.40. The van der Waals surface area contributed by atoms with Gasteiger partial charge in [0, 0.05) is 16.3 Å². The molecule has 0 unspecified atom stereocenters. The van der Waals surface area contributed by atoms with Gasteiger partial charge in [0.1, 0.15) is 16.2 Å². The molecule has 1 atom stereocenters. The van der Waals surface area contributed by atoms with Crippen LogP contribution in [0.4, 0.5) is 0 Å². The number of fused-ring (bicyclic) bond motifs is 1.